The number of nitrogens with zero attached hydrogens (tertiary/aromatic N) is 3. The molecule has 0 bridgehead atoms. The number of hydrogen-bond donors (Lipinski definition) is 1. The van der Waals surface area contributed by atoms with E-state index in [0.29, 0.717) is 6.42 Å². The summed E-state index contributed by atoms with van der Waals surface area (Å²) in [5.41, 5.74) is 6.16. The molecule has 21 heavy (non-hydrogen) atoms. The molecule has 1 aromatic rings. The average Bonchev–Trinajstić information content (AvgIpc) is 3.02. The molecule has 1 aliphatic heterocycles. The van der Waals surface area contributed by atoms with Crippen LogP contribution in [0.2, 0.25) is 0 Å². The molecule has 1 amide bonds. The molecule has 1 saturated heterocycles. The van der Waals surface area contributed by atoms with Crippen molar-refractivity contribution in [1.82, 2.24) is 9.88 Å². The highest BCUT2D eigenvalue weighted by Crippen LogP contribution is 2.29. The van der Waals surface area contributed by atoms with Crippen LogP contribution < -0.4 is 10.6 Å². The van der Waals surface area contributed by atoms with Crippen LogP contribution in [0.5, 0.6) is 0 Å². The van der Waals surface area contributed by atoms with Crippen LogP contribution in [0.25, 0.3) is 0 Å². The Balaban J connectivity index is 1.50. The molecule has 3 rings (SSSR count). The van der Waals surface area contributed by atoms with Crippen LogP contribution in [0, 0.1) is 0 Å². The second kappa shape index (κ2) is 6.32. The Morgan fingerprint density at radius 1 is 1.24 bits per heavy atom. The molecule has 6 heteroatoms. The summed E-state index contributed by atoms with van der Waals surface area (Å²) < 4.78 is 0. The van der Waals surface area contributed by atoms with Gasteiger partial charge in [0.2, 0.25) is 5.91 Å². The van der Waals surface area contributed by atoms with Crippen molar-refractivity contribution in [2.24, 2.45) is 5.73 Å². The molecule has 2 aliphatic rings. The van der Waals surface area contributed by atoms with Crippen LogP contribution in [0.15, 0.2) is 11.6 Å². The number of piperazine rings is 1. The van der Waals surface area contributed by atoms with Gasteiger partial charge >= 0.3 is 0 Å². The molecule has 5 nitrogen and oxygen atoms in total. The molecule has 116 valence electrons. The third-order valence-corrected chi connectivity index (χ3v) is 5.51. The molecular formula is C15H24N4OS. The maximum absolute atomic E-state index is 12.5. The van der Waals surface area contributed by atoms with Crippen LogP contribution in [0.1, 0.15) is 38.5 Å². The van der Waals surface area contributed by atoms with Gasteiger partial charge in [-0.1, -0.05) is 19.3 Å². The summed E-state index contributed by atoms with van der Waals surface area (Å²) >= 11 is 1.66. The van der Waals surface area contributed by atoms with E-state index in [0.717, 1.165) is 44.2 Å². The summed E-state index contributed by atoms with van der Waals surface area (Å²) in [4.78, 5) is 21.1. The lowest BCUT2D eigenvalue weighted by Gasteiger charge is -2.38. The zero-order valence-corrected chi connectivity index (χ0v) is 13.3. The third-order valence-electron chi connectivity index (χ3n) is 4.67. The molecule has 0 atom stereocenters. The fraction of sp³-hybridized carbons (Fsp3) is 0.733. The van der Waals surface area contributed by atoms with Gasteiger partial charge in [-0.2, -0.15) is 0 Å². The third kappa shape index (κ3) is 3.55. The first-order chi connectivity index (χ1) is 10.2. The van der Waals surface area contributed by atoms with Crippen molar-refractivity contribution < 1.29 is 4.79 Å². The number of amides is 1. The molecule has 0 aromatic carbocycles. The van der Waals surface area contributed by atoms with Gasteiger partial charge in [0.25, 0.3) is 0 Å². The average molecular weight is 308 g/mol. The lowest BCUT2D eigenvalue weighted by Crippen LogP contribution is -2.52. The fourth-order valence-corrected chi connectivity index (χ4v) is 4.06. The van der Waals surface area contributed by atoms with Crippen molar-refractivity contribution in [3.05, 3.63) is 11.6 Å². The van der Waals surface area contributed by atoms with Crippen LogP contribution in [-0.2, 0) is 4.79 Å². The molecule has 1 aromatic heterocycles. The van der Waals surface area contributed by atoms with E-state index in [1.807, 2.05) is 16.5 Å². The first-order valence-corrected chi connectivity index (χ1v) is 8.75. The number of nitrogens with two attached hydrogens (primary N) is 1. The van der Waals surface area contributed by atoms with Crippen LogP contribution in [0.4, 0.5) is 5.13 Å². The molecule has 0 spiro atoms. The predicted molar refractivity (Wildman–Crippen MR) is 85.5 cm³/mol. The number of rotatable bonds is 3. The largest absolute Gasteiger partial charge is 0.345 e. The lowest BCUT2D eigenvalue weighted by atomic mass is 9.80. The summed E-state index contributed by atoms with van der Waals surface area (Å²) in [5.74, 6) is 0.234. The number of carbonyl (C=O) groups is 1. The summed E-state index contributed by atoms with van der Waals surface area (Å²) in [7, 11) is 0. The van der Waals surface area contributed by atoms with Crippen LogP contribution >= 0.6 is 11.3 Å². The van der Waals surface area contributed by atoms with Gasteiger partial charge in [-0.25, -0.2) is 4.98 Å². The minimum atomic E-state index is -0.248. The summed E-state index contributed by atoms with van der Waals surface area (Å²) in [6.07, 6.45) is 7.95. The van der Waals surface area contributed by atoms with Gasteiger partial charge < -0.3 is 15.5 Å². The minimum Gasteiger partial charge on any atom is -0.345 e. The van der Waals surface area contributed by atoms with E-state index in [-0.39, 0.29) is 11.4 Å². The fourth-order valence-electron chi connectivity index (χ4n) is 3.36. The van der Waals surface area contributed by atoms with Crippen LogP contribution in [0.3, 0.4) is 0 Å². The summed E-state index contributed by atoms with van der Waals surface area (Å²) in [5, 5.41) is 3.05. The van der Waals surface area contributed by atoms with E-state index in [1.165, 1.54) is 19.3 Å². The van der Waals surface area contributed by atoms with Crippen LogP contribution in [-0.4, -0.2) is 47.5 Å². The summed E-state index contributed by atoms with van der Waals surface area (Å²) in [6, 6.07) is 0. The first-order valence-electron chi connectivity index (χ1n) is 7.87. The van der Waals surface area contributed by atoms with Crippen molar-refractivity contribution in [3.63, 3.8) is 0 Å². The highest BCUT2D eigenvalue weighted by molar-refractivity contribution is 7.13. The molecular weight excluding hydrogens is 284 g/mol. The van der Waals surface area contributed by atoms with Crippen molar-refractivity contribution in [1.29, 1.82) is 0 Å². The van der Waals surface area contributed by atoms with Gasteiger partial charge in [0, 0.05) is 49.7 Å². The number of anilines is 1. The SMILES string of the molecule is NC1(CC(=O)N2CCN(c3nccs3)CC2)CCCCC1. The Morgan fingerprint density at radius 3 is 2.57 bits per heavy atom. The standard InChI is InChI=1S/C15H24N4OS/c16-15(4-2-1-3-5-15)12-13(20)18-7-9-19(10-8-18)14-17-6-11-21-14/h6,11H,1-5,7-10,12,16H2. The number of hydrogen-bond acceptors (Lipinski definition) is 5. The highest BCUT2D eigenvalue weighted by atomic mass is 32.1. The Hall–Kier alpha value is -1.14. The predicted octanol–water partition coefficient (Wildman–Crippen LogP) is 1.84. The molecule has 2 N–H and O–H groups in total. The molecule has 0 unspecified atom stereocenters. The van der Waals surface area contributed by atoms with E-state index in [9.17, 15) is 4.79 Å². The maximum atomic E-state index is 12.5. The van der Waals surface area contributed by atoms with Crippen molar-refractivity contribution >= 4 is 22.4 Å². The Bertz CT molecular complexity index is 462. The Labute approximate surface area is 130 Å². The number of aromatic nitrogens is 1. The molecule has 0 radical (unpaired) electrons. The number of carbonyl (C=O) groups excluding carboxylic acids is 1. The zero-order valence-electron chi connectivity index (χ0n) is 12.5. The molecule has 2 fully saturated rings. The van der Waals surface area contributed by atoms with E-state index >= 15 is 0 Å². The molecule has 1 aliphatic carbocycles. The lowest BCUT2D eigenvalue weighted by molar-refractivity contribution is -0.133. The van der Waals surface area contributed by atoms with Gasteiger partial charge in [0.15, 0.2) is 5.13 Å². The van der Waals surface area contributed by atoms with Gasteiger partial charge in [0.05, 0.1) is 0 Å². The monoisotopic (exact) mass is 308 g/mol. The van der Waals surface area contributed by atoms with Crippen molar-refractivity contribution in [3.8, 4) is 0 Å². The Kier molecular flexibility index (Phi) is 4.45. The van der Waals surface area contributed by atoms with Crippen molar-refractivity contribution in [2.75, 3.05) is 31.1 Å². The van der Waals surface area contributed by atoms with Gasteiger partial charge in [-0.15, -0.1) is 11.3 Å². The first kappa shape index (κ1) is 14.8. The molecule has 1 saturated carbocycles. The smallest absolute Gasteiger partial charge is 0.224 e. The zero-order chi connectivity index (χ0) is 14.7. The van der Waals surface area contributed by atoms with E-state index in [1.54, 1.807) is 11.3 Å². The van der Waals surface area contributed by atoms with Gasteiger partial charge in [-0.05, 0) is 12.8 Å². The summed E-state index contributed by atoms with van der Waals surface area (Å²) in [6.45, 7) is 3.32. The topological polar surface area (TPSA) is 62.5 Å². The van der Waals surface area contributed by atoms with E-state index < -0.39 is 0 Å². The van der Waals surface area contributed by atoms with Crippen molar-refractivity contribution in [2.45, 2.75) is 44.1 Å². The van der Waals surface area contributed by atoms with E-state index in [2.05, 4.69) is 9.88 Å². The maximum Gasteiger partial charge on any atom is 0.224 e. The number of thiazole rings is 1. The highest BCUT2D eigenvalue weighted by Gasteiger charge is 2.32. The second-order valence-electron chi connectivity index (χ2n) is 6.28. The second-order valence-corrected chi connectivity index (χ2v) is 7.16. The van der Waals surface area contributed by atoms with E-state index in [4.69, 9.17) is 5.73 Å². The quantitative estimate of drug-likeness (QED) is 0.925. The minimum absolute atomic E-state index is 0.234. The molecule has 2 heterocycles. The van der Waals surface area contributed by atoms with Gasteiger partial charge in [0.1, 0.15) is 0 Å². The Morgan fingerprint density at radius 2 is 1.95 bits per heavy atom. The van der Waals surface area contributed by atoms with Gasteiger partial charge in [-0.3, -0.25) is 4.79 Å². The normalized spacial score (nSPS) is 22.3.